The summed E-state index contributed by atoms with van der Waals surface area (Å²) >= 11 is 7.79. The van der Waals surface area contributed by atoms with Gasteiger partial charge in [0.25, 0.3) is 5.79 Å². The molecule has 0 aromatic rings. The first-order chi connectivity index (χ1) is 9.03. The van der Waals surface area contributed by atoms with Gasteiger partial charge in [-0.3, -0.25) is 9.59 Å². The van der Waals surface area contributed by atoms with Crippen molar-refractivity contribution < 1.29 is 19.1 Å². The molecule has 0 bridgehead atoms. The van der Waals surface area contributed by atoms with Gasteiger partial charge in [0.2, 0.25) is 0 Å². The quantitative estimate of drug-likeness (QED) is 0.370. The highest BCUT2D eigenvalue weighted by molar-refractivity contribution is 7.81. The summed E-state index contributed by atoms with van der Waals surface area (Å²) < 4.78 is 10.7. The molecule has 0 amide bonds. The lowest BCUT2D eigenvalue weighted by atomic mass is 10.0. The molecule has 6 heteroatoms. The number of hydrogen-bond donors (Lipinski definition) is 2. The van der Waals surface area contributed by atoms with E-state index in [-0.39, 0.29) is 11.5 Å². The van der Waals surface area contributed by atoms with Gasteiger partial charge in [-0.1, -0.05) is 26.7 Å². The summed E-state index contributed by atoms with van der Waals surface area (Å²) in [5.74, 6) is -2.15. The Labute approximate surface area is 126 Å². The van der Waals surface area contributed by atoms with Gasteiger partial charge in [-0.15, -0.1) is 0 Å². The Morgan fingerprint density at radius 2 is 1.26 bits per heavy atom. The smallest absolute Gasteiger partial charge is 0.318 e. The van der Waals surface area contributed by atoms with E-state index in [2.05, 4.69) is 25.3 Å². The molecule has 0 saturated heterocycles. The van der Waals surface area contributed by atoms with Crippen LogP contribution in [0.25, 0.3) is 0 Å². The van der Waals surface area contributed by atoms with Crippen molar-refractivity contribution in [3.05, 3.63) is 0 Å². The zero-order chi connectivity index (χ0) is 14.7. The molecule has 0 radical (unpaired) electrons. The largest absolute Gasteiger partial charge is 0.422 e. The average molecular weight is 308 g/mol. The second-order valence-corrected chi connectivity index (χ2v) is 5.01. The Kier molecular flexibility index (Phi) is 10.2. The molecular formula is C13H24O4S2. The predicted octanol–water partition coefficient (Wildman–Crippen LogP) is 3.01. The van der Waals surface area contributed by atoms with Gasteiger partial charge in [0, 0.05) is 12.8 Å². The van der Waals surface area contributed by atoms with Gasteiger partial charge in [0.15, 0.2) is 0 Å². The van der Waals surface area contributed by atoms with Crippen molar-refractivity contribution >= 4 is 37.2 Å². The van der Waals surface area contributed by atoms with E-state index in [1.807, 2.05) is 13.8 Å². The highest BCUT2D eigenvalue weighted by Gasteiger charge is 2.36. The van der Waals surface area contributed by atoms with Crippen molar-refractivity contribution in [3.63, 3.8) is 0 Å². The highest BCUT2D eigenvalue weighted by Crippen LogP contribution is 2.28. The van der Waals surface area contributed by atoms with E-state index in [1.54, 1.807) is 0 Å². The van der Waals surface area contributed by atoms with Crippen LogP contribution in [0.2, 0.25) is 0 Å². The van der Waals surface area contributed by atoms with Crippen LogP contribution < -0.4 is 0 Å². The summed E-state index contributed by atoms with van der Waals surface area (Å²) in [7, 11) is 0. The van der Waals surface area contributed by atoms with E-state index >= 15 is 0 Å². The predicted molar refractivity (Wildman–Crippen MR) is 81.7 cm³/mol. The topological polar surface area (TPSA) is 52.6 Å². The van der Waals surface area contributed by atoms with Crippen LogP contribution in [0.5, 0.6) is 0 Å². The molecule has 0 aromatic heterocycles. The van der Waals surface area contributed by atoms with E-state index in [0.717, 1.165) is 25.7 Å². The SMILES string of the molecule is CCCCC(CCCC)(OC(=O)CS)OC(=O)CS. The van der Waals surface area contributed by atoms with Crippen LogP contribution in [0.3, 0.4) is 0 Å². The molecular weight excluding hydrogens is 284 g/mol. The minimum Gasteiger partial charge on any atom is -0.422 e. The van der Waals surface area contributed by atoms with Crippen molar-refractivity contribution in [2.75, 3.05) is 11.5 Å². The Morgan fingerprint density at radius 1 is 0.895 bits per heavy atom. The molecule has 0 aliphatic heterocycles. The summed E-state index contributed by atoms with van der Waals surface area (Å²) in [5, 5.41) is 0. The van der Waals surface area contributed by atoms with Crippen LogP contribution in [0.4, 0.5) is 0 Å². The summed E-state index contributed by atoms with van der Waals surface area (Å²) in [6, 6.07) is 0. The maximum Gasteiger partial charge on any atom is 0.318 e. The minimum atomic E-state index is -1.15. The first-order valence-electron chi connectivity index (χ1n) is 6.69. The number of esters is 2. The molecule has 0 aliphatic carbocycles. The first-order valence-corrected chi connectivity index (χ1v) is 7.95. The molecule has 0 spiro atoms. The molecule has 4 nitrogen and oxygen atoms in total. The fraction of sp³-hybridized carbons (Fsp3) is 0.846. The van der Waals surface area contributed by atoms with Crippen molar-refractivity contribution in [3.8, 4) is 0 Å². The van der Waals surface area contributed by atoms with Gasteiger partial charge in [-0.25, -0.2) is 0 Å². The second-order valence-electron chi connectivity index (χ2n) is 4.38. The van der Waals surface area contributed by atoms with Crippen LogP contribution in [0.15, 0.2) is 0 Å². The molecule has 19 heavy (non-hydrogen) atoms. The Balaban J connectivity index is 4.93. The van der Waals surface area contributed by atoms with E-state index in [1.165, 1.54) is 0 Å². The number of carbonyl (C=O) groups is 2. The summed E-state index contributed by atoms with van der Waals surface area (Å²) in [6.07, 6.45) is 4.55. The average Bonchev–Trinajstić information content (AvgIpc) is 2.42. The molecule has 0 atom stereocenters. The number of unbranched alkanes of at least 4 members (excludes halogenated alkanes) is 2. The van der Waals surface area contributed by atoms with Crippen molar-refractivity contribution in [1.29, 1.82) is 0 Å². The lowest BCUT2D eigenvalue weighted by Crippen LogP contribution is -2.41. The maximum atomic E-state index is 11.5. The molecule has 112 valence electrons. The fourth-order valence-electron chi connectivity index (χ4n) is 1.72. The molecule has 0 saturated carbocycles. The molecule has 0 unspecified atom stereocenters. The highest BCUT2D eigenvalue weighted by atomic mass is 32.1. The lowest BCUT2D eigenvalue weighted by molar-refractivity contribution is -0.231. The van der Waals surface area contributed by atoms with Crippen LogP contribution >= 0.6 is 25.3 Å². The fourth-order valence-corrected chi connectivity index (χ4v) is 1.85. The third-order valence-corrected chi connectivity index (χ3v) is 3.20. The lowest BCUT2D eigenvalue weighted by Gasteiger charge is -2.32. The maximum absolute atomic E-state index is 11.5. The van der Waals surface area contributed by atoms with Crippen LogP contribution in [-0.4, -0.2) is 29.2 Å². The van der Waals surface area contributed by atoms with Gasteiger partial charge in [0.1, 0.15) is 0 Å². The van der Waals surface area contributed by atoms with Crippen LogP contribution in [-0.2, 0) is 19.1 Å². The first kappa shape index (κ1) is 18.6. The zero-order valence-electron chi connectivity index (χ0n) is 11.7. The third kappa shape index (κ3) is 7.72. The number of rotatable bonds is 10. The summed E-state index contributed by atoms with van der Waals surface area (Å²) in [6.45, 7) is 4.07. The Morgan fingerprint density at radius 3 is 1.53 bits per heavy atom. The molecule has 0 aliphatic rings. The van der Waals surface area contributed by atoms with E-state index in [0.29, 0.717) is 12.8 Å². The molecule has 0 fully saturated rings. The van der Waals surface area contributed by atoms with Gasteiger partial charge in [0.05, 0.1) is 11.5 Å². The van der Waals surface area contributed by atoms with Crippen molar-refractivity contribution in [1.82, 2.24) is 0 Å². The van der Waals surface area contributed by atoms with Crippen molar-refractivity contribution in [2.45, 2.75) is 58.2 Å². The van der Waals surface area contributed by atoms with Gasteiger partial charge >= 0.3 is 11.9 Å². The monoisotopic (exact) mass is 308 g/mol. The van der Waals surface area contributed by atoms with Gasteiger partial charge in [-0.2, -0.15) is 25.3 Å². The van der Waals surface area contributed by atoms with E-state index in [9.17, 15) is 9.59 Å². The number of hydrogen-bond acceptors (Lipinski definition) is 6. The second kappa shape index (κ2) is 10.4. The molecule has 0 aromatic carbocycles. The summed E-state index contributed by atoms with van der Waals surface area (Å²) in [5.41, 5.74) is 0. The van der Waals surface area contributed by atoms with E-state index in [4.69, 9.17) is 9.47 Å². The third-order valence-electron chi connectivity index (χ3n) is 2.68. The molecule has 0 rings (SSSR count). The van der Waals surface area contributed by atoms with Gasteiger partial charge in [-0.05, 0) is 12.8 Å². The van der Waals surface area contributed by atoms with Gasteiger partial charge < -0.3 is 9.47 Å². The van der Waals surface area contributed by atoms with E-state index < -0.39 is 17.7 Å². The minimum absolute atomic E-state index is 0.0293. The van der Waals surface area contributed by atoms with Crippen LogP contribution in [0, 0.1) is 0 Å². The standard InChI is InChI=1S/C13H24O4S2/c1-3-5-7-13(8-6-4-2,16-11(14)9-18)17-12(15)10-19/h18-19H,3-10H2,1-2H3. The normalized spacial score (nSPS) is 11.2. The Bertz CT molecular complexity index is 254. The van der Waals surface area contributed by atoms with Crippen LogP contribution in [0.1, 0.15) is 52.4 Å². The number of carbonyl (C=O) groups excluding carboxylic acids is 2. The summed E-state index contributed by atoms with van der Waals surface area (Å²) in [4.78, 5) is 23.0. The number of ether oxygens (including phenoxy) is 2. The molecule has 0 heterocycles. The zero-order valence-corrected chi connectivity index (χ0v) is 13.5. The molecule has 0 N–H and O–H groups in total. The number of thiol groups is 2. The Hall–Kier alpha value is -0.360. The van der Waals surface area contributed by atoms with Crippen molar-refractivity contribution in [2.24, 2.45) is 0 Å².